The van der Waals surface area contributed by atoms with E-state index in [4.69, 9.17) is 0 Å². The van der Waals surface area contributed by atoms with Gasteiger partial charge in [0.2, 0.25) is 0 Å². The van der Waals surface area contributed by atoms with Crippen molar-refractivity contribution in [3.63, 3.8) is 0 Å². The molecule has 0 unspecified atom stereocenters. The van der Waals surface area contributed by atoms with Crippen LogP contribution in [0.15, 0.2) is 36.5 Å². The van der Waals surface area contributed by atoms with Crippen molar-refractivity contribution >= 4 is 16.6 Å². The number of hydrogen-bond acceptors (Lipinski definition) is 2. The molecule has 0 radical (unpaired) electrons. The standard InChI is InChI=1S/C15H18N2/c1-2-6-12(5-1)10-16-14-9-13-7-3-4-8-15(13)17-11-14/h3-4,7-9,11-12,16H,1-2,5-6,10H2. The molecule has 2 nitrogen and oxygen atoms in total. The molecule has 1 fully saturated rings. The Kier molecular flexibility index (Phi) is 2.95. The molecule has 0 aliphatic heterocycles. The molecule has 1 heterocycles. The van der Waals surface area contributed by atoms with Crippen molar-refractivity contribution in [3.8, 4) is 0 Å². The molecule has 17 heavy (non-hydrogen) atoms. The van der Waals surface area contributed by atoms with E-state index in [2.05, 4.69) is 34.6 Å². The summed E-state index contributed by atoms with van der Waals surface area (Å²) in [5, 5.41) is 4.73. The fourth-order valence-electron chi connectivity index (χ4n) is 2.64. The van der Waals surface area contributed by atoms with Gasteiger partial charge >= 0.3 is 0 Å². The molecule has 0 spiro atoms. The maximum absolute atomic E-state index is 4.46. The molecule has 1 aromatic heterocycles. The van der Waals surface area contributed by atoms with E-state index in [1.165, 1.54) is 31.1 Å². The lowest BCUT2D eigenvalue weighted by atomic mass is 10.1. The Balaban J connectivity index is 1.72. The number of fused-ring (bicyclic) bond motifs is 1. The van der Waals surface area contributed by atoms with Gasteiger partial charge in [-0.3, -0.25) is 4.98 Å². The third-order valence-electron chi connectivity index (χ3n) is 3.66. The van der Waals surface area contributed by atoms with E-state index < -0.39 is 0 Å². The van der Waals surface area contributed by atoms with Gasteiger partial charge in [0, 0.05) is 11.9 Å². The first-order chi connectivity index (χ1) is 8.42. The molecular weight excluding hydrogens is 208 g/mol. The van der Waals surface area contributed by atoms with Crippen LogP contribution in [0.5, 0.6) is 0 Å². The zero-order chi connectivity index (χ0) is 11.5. The zero-order valence-corrected chi connectivity index (χ0v) is 10.0. The van der Waals surface area contributed by atoms with E-state index in [-0.39, 0.29) is 0 Å². The highest BCUT2D eigenvalue weighted by atomic mass is 14.9. The van der Waals surface area contributed by atoms with Crippen LogP contribution < -0.4 is 5.32 Å². The van der Waals surface area contributed by atoms with Crippen LogP contribution in [0.2, 0.25) is 0 Å². The maximum atomic E-state index is 4.46. The molecule has 0 amide bonds. The number of nitrogens with zero attached hydrogens (tertiary/aromatic N) is 1. The number of rotatable bonds is 3. The average molecular weight is 226 g/mol. The summed E-state index contributed by atoms with van der Waals surface area (Å²) in [6.07, 6.45) is 7.52. The van der Waals surface area contributed by atoms with Crippen LogP contribution in [0.4, 0.5) is 5.69 Å². The summed E-state index contributed by atoms with van der Waals surface area (Å²) in [6, 6.07) is 10.4. The summed E-state index contributed by atoms with van der Waals surface area (Å²) < 4.78 is 0. The van der Waals surface area contributed by atoms with Crippen LogP contribution >= 0.6 is 0 Å². The highest BCUT2D eigenvalue weighted by Gasteiger charge is 2.14. The van der Waals surface area contributed by atoms with Crippen LogP contribution in [-0.2, 0) is 0 Å². The number of benzene rings is 1. The van der Waals surface area contributed by atoms with Crippen molar-refractivity contribution in [3.05, 3.63) is 36.5 Å². The van der Waals surface area contributed by atoms with Gasteiger partial charge in [0.15, 0.2) is 0 Å². The van der Waals surface area contributed by atoms with Gasteiger partial charge in [-0.2, -0.15) is 0 Å². The van der Waals surface area contributed by atoms with Gasteiger partial charge < -0.3 is 5.32 Å². The first kappa shape index (κ1) is 10.6. The molecule has 1 aliphatic carbocycles. The lowest BCUT2D eigenvalue weighted by molar-refractivity contribution is 0.580. The molecule has 2 heteroatoms. The van der Waals surface area contributed by atoms with E-state index >= 15 is 0 Å². The highest BCUT2D eigenvalue weighted by Crippen LogP contribution is 2.25. The van der Waals surface area contributed by atoms with Gasteiger partial charge in [-0.25, -0.2) is 0 Å². The molecule has 1 N–H and O–H groups in total. The van der Waals surface area contributed by atoms with Gasteiger partial charge in [-0.05, 0) is 30.9 Å². The van der Waals surface area contributed by atoms with Gasteiger partial charge in [0.1, 0.15) is 0 Å². The first-order valence-electron chi connectivity index (χ1n) is 6.50. The van der Waals surface area contributed by atoms with Crippen molar-refractivity contribution < 1.29 is 0 Å². The number of para-hydroxylation sites is 1. The van der Waals surface area contributed by atoms with Crippen molar-refractivity contribution in [2.45, 2.75) is 25.7 Å². The van der Waals surface area contributed by atoms with E-state index in [0.717, 1.165) is 23.7 Å². The second kappa shape index (κ2) is 4.74. The van der Waals surface area contributed by atoms with Gasteiger partial charge in [-0.1, -0.05) is 31.0 Å². The minimum absolute atomic E-state index is 0.862. The Morgan fingerprint density at radius 1 is 1.18 bits per heavy atom. The number of pyridine rings is 1. The van der Waals surface area contributed by atoms with Gasteiger partial charge in [-0.15, -0.1) is 0 Å². The normalized spacial score (nSPS) is 16.5. The molecular formula is C15H18N2. The SMILES string of the molecule is c1ccc2ncc(NCC3CCCC3)cc2c1. The molecule has 2 aromatic rings. The van der Waals surface area contributed by atoms with Crippen molar-refractivity contribution in [1.29, 1.82) is 0 Å². The predicted molar refractivity (Wildman–Crippen MR) is 72.2 cm³/mol. The highest BCUT2D eigenvalue weighted by molar-refractivity contribution is 5.81. The topological polar surface area (TPSA) is 24.9 Å². The smallest absolute Gasteiger partial charge is 0.0703 e. The predicted octanol–water partition coefficient (Wildman–Crippen LogP) is 3.84. The average Bonchev–Trinajstić information content (AvgIpc) is 2.89. The van der Waals surface area contributed by atoms with E-state index in [1.54, 1.807) is 0 Å². The van der Waals surface area contributed by atoms with Crippen molar-refractivity contribution in [2.24, 2.45) is 5.92 Å². The summed E-state index contributed by atoms with van der Waals surface area (Å²) >= 11 is 0. The summed E-state index contributed by atoms with van der Waals surface area (Å²) in [6.45, 7) is 1.10. The van der Waals surface area contributed by atoms with Crippen LogP contribution in [0, 0.1) is 5.92 Å². The molecule has 88 valence electrons. The summed E-state index contributed by atoms with van der Waals surface area (Å²) in [7, 11) is 0. The molecule has 1 saturated carbocycles. The monoisotopic (exact) mass is 226 g/mol. The molecule has 0 saturated heterocycles. The quantitative estimate of drug-likeness (QED) is 0.860. The van der Waals surface area contributed by atoms with Crippen LogP contribution in [0.3, 0.4) is 0 Å². The third kappa shape index (κ3) is 2.41. The Hall–Kier alpha value is -1.57. The molecule has 1 aromatic carbocycles. The van der Waals surface area contributed by atoms with E-state index in [1.807, 2.05) is 12.3 Å². The molecule has 0 bridgehead atoms. The van der Waals surface area contributed by atoms with Gasteiger partial charge in [0.25, 0.3) is 0 Å². The second-order valence-corrected chi connectivity index (χ2v) is 4.95. The Bertz CT molecular complexity index is 501. The minimum Gasteiger partial charge on any atom is -0.384 e. The minimum atomic E-state index is 0.862. The van der Waals surface area contributed by atoms with E-state index in [0.29, 0.717) is 0 Å². The molecule has 3 rings (SSSR count). The van der Waals surface area contributed by atoms with Gasteiger partial charge in [0.05, 0.1) is 17.4 Å². The van der Waals surface area contributed by atoms with Crippen molar-refractivity contribution in [2.75, 3.05) is 11.9 Å². The number of aromatic nitrogens is 1. The first-order valence-corrected chi connectivity index (χ1v) is 6.50. The van der Waals surface area contributed by atoms with Crippen molar-refractivity contribution in [1.82, 2.24) is 4.98 Å². The Labute approximate surface area is 102 Å². The lowest BCUT2D eigenvalue weighted by Gasteiger charge is -2.11. The largest absolute Gasteiger partial charge is 0.384 e. The molecule has 0 atom stereocenters. The summed E-state index contributed by atoms with van der Waals surface area (Å²) in [5.74, 6) is 0.862. The maximum Gasteiger partial charge on any atom is 0.0703 e. The Morgan fingerprint density at radius 2 is 2.00 bits per heavy atom. The van der Waals surface area contributed by atoms with E-state index in [9.17, 15) is 0 Å². The summed E-state index contributed by atoms with van der Waals surface area (Å²) in [4.78, 5) is 4.46. The lowest BCUT2D eigenvalue weighted by Crippen LogP contribution is -2.10. The van der Waals surface area contributed by atoms with Crippen LogP contribution in [0.1, 0.15) is 25.7 Å². The Morgan fingerprint density at radius 3 is 2.88 bits per heavy atom. The fourth-order valence-corrected chi connectivity index (χ4v) is 2.64. The number of hydrogen-bond donors (Lipinski definition) is 1. The van der Waals surface area contributed by atoms with Crippen LogP contribution in [0.25, 0.3) is 10.9 Å². The number of nitrogens with one attached hydrogen (secondary N) is 1. The fraction of sp³-hybridized carbons (Fsp3) is 0.400. The second-order valence-electron chi connectivity index (χ2n) is 4.95. The van der Waals surface area contributed by atoms with Crippen LogP contribution in [-0.4, -0.2) is 11.5 Å². The third-order valence-corrected chi connectivity index (χ3v) is 3.66. The zero-order valence-electron chi connectivity index (χ0n) is 10.0. The summed E-state index contributed by atoms with van der Waals surface area (Å²) in [5.41, 5.74) is 2.22. The molecule has 1 aliphatic rings. The number of anilines is 1.